The molecule has 0 unspecified atom stereocenters. The van der Waals surface area contributed by atoms with Gasteiger partial charge in [-0.15, -0.1) is 0 Å². The van der Waals surface area contributed by atoms with Gasteiger partial charge in [-0.05, 0) is 63.7 Å². The highest BCUT2D eigenvalue weighted by atomic mass is 16.5. The van der Waals surface area contributed by atoms with Crippen molar-refractivity contribution in [3.05, 3.63) is 71.4 Å². The lowest BCUT2D eigenvalue weighted by atomic mass is 9.97. The van der Waals surface area contributed by atoms with Crippen molar-refractivity contribution in [1.29, 1.82) is 5.41 Å². The molecule has 1 amide bonds. The summed E-state index contributed by atoms with van der Waals surface area (Å²) in [7, 11) is 3.89. The lowest BCUT2D eigenvalue weighted by molar-refractivity contribution is 0.0662. The van der Waals surface area contributed by atoms with Crippen LogP contribution in [0.4, 0.5) is 5.69 Å². The molecule has 1 aliphatic heterocycles. The molecule has 1 aliphatic rings. The van der Waals surface area contributed by atoms with Gasteiger partial charge in [-0.25, -0.2) is 0 Å². The Labute approximate surface area is 214 Å². The van der Waals surface area contributed by atoms with E-state index in [1.165, 1.54) is 0 Å². The van der Waals surface area contributed by atoms with Gasteiger partial charge in [-0.3, -0.25) is 14.7 Å². The van der Waals surface area contributed by atoms with Crippen molar-refractivity contribution in [3.8, 4) is 22.8 Å². The molecule has 4 rings (SSSR count). The van der Waals surface area contributed by atoms with E-state index in [4.69, 9.17) is 10.1 Å². The van der Waals surface area contributed by atoms with E-state index in [1.54, 1.807) is 13.1 Å². The first-order valence-electron chi connectivity index (χ1n) is 12.4. The Morgan fingerprint density at radius 2 is 1.78 bits per heavy atom. The number of ether oxygens (including phenoxy) is 1. The van der Waals surface area contributed by atoms with E-state index in [9.17, 15) is 4.79 Å². The Kier molecular flexibility index (Phi) is 8.83. The fraction of sp³-hybridized carbons (Fsp3) is 0.345. The van der Waals surface area contributed by atoms with E-state index in [1.807, 2.05) is 76.3 Å². The number of aryl methyl sites for hydroxylation is 1. The largest absolute Gasteiger partial charge is 0.457 e. The molecule has 2 heterocycles. The summed E-state index contributed by atoms with van der Waals surface area (Å²) in [6, 6.07) is 15.6. The van der Waals surface area contributed by atoms with Crippen LogP contribution >= 0.6 is 0 Å². The van der Waals surface area contributed by atoms with Crippen LogP contribution in [0.3, 0.4) is 0 Å². The first-order valence-corrected chi connectivity index (χ1v) is 12.4. The summed E-state index contributed by atoms with van der Waals surface area (Å²) in [5, 5.41) is 14.2. The number of pyridine rings is 1. The molecule has 1 saturated heterocycles. The summed E-state index contributed by atoms with van der Waals surface area (Å²) in [4.78, 5) is 19.5. The van der Waals surface area contributed by atoms with Crippen LogP contribution in [0.2, 0.25) is 0 Å². The summed E-state index contributed by atoms with van der Waals surface area (Å²) in [6.45, 7) is 10.7. The van der Waals surface area contributed by atoms with Crippen molar-refractivity contribution in [2.45, 2.75) is 46.7 Å². The van der Waals surface area contributed by atoms with Gasteiger partial charge in [0.1, 0.15) is 11.5 Å². The monoisotopic (exact) mass is 487 g/mol. The van der Waals surface area contributed by atoms with E-state index in [0.717, 1.165) is 34.6 Å². The molecule has 1 aromatic heterocycles. The van der Waals surface area contributed by atoms with Crippen LogP contribution in [-0.4, -0.2) is 54.2 Å². The molecule has 1 fully saturated rings. The third-order valence-electron chi connectivity index (χ3n) is 6.48. The first-order chi connectivity index (χ1) is 17.3. The number of likely N-dealkylation sites (N-methyl/N-ethyl adjacent to an activating group) is 1. The van der Waals surface area contributed by atoms with E-state index in [0.29, 0.717) is 28.8 Å². The minimum Gasteiger partial charge on any atom is -0.457 e. The van der Waals surface area contributed by atoms with E-state index in [-0.39, 0.29) is 11.9 Å². The Morgan fingerprint density at radius 3 is 2.39 bits per heavy atom. The lowest BCUT2D eigenvalue weighted by Crippen LogP contribution is -2.63. The number of aromatic nitrogens is 1. The van der Waals surface area contributed by atoms with Crippen molar-refractivity contribution in [1.82, 2.24) is 15.2 Å². The van der Waals surface area contributed by atoms with Crippen LogP contribution in [0.15, 0.2) is 54.7 Å². The number of amides is 1. The molecule has 3 aromatic rings. The zero-order valence-corrected chi connectivity index (χ0v) is 22.3. The highest BCUT2D eigenvalue weighted by Gasteiger charge is 2.33. The summed E-state index contributed by atoms with van der Waals surface area (Å²) in [6.07, 6.45) is 1.71. The second-order valence-electron chi connectivity index (χ2n) is 8.85. The molecule has 2 atom stereocenters. The maximum Gasteiger partial charge on any atom is 0.251 e. The quantitative estimate of drug-likeness (QED) is 0.370. The second-order valence-corrected chi connectivity index (χ2v) is 8.85. The number of benzene rings is 2. The molecular weight excluding hydrogens is 450 g/mol. The van der Waals surface area contributed by atoms with Crippen LogP contribution in [0.1, 0.15) is 49.2 Å². The van der Waals surface area contributed by atoms with Crippen LogP contribution < -0.4 is 15.4 Å². The van der Waals surface area contributed by atoms with E-state index < -0.39 is 0 Å². The molecule has 0 saturated carbocycles. The topological polar surface area (TPSA) is 90.3 Å². The highest BCUT2D eigenvalue weighted by Crippen LogP contribution is 2.30. The number of likely N-dealkylation sites (tertiary alicyclic amines) is 1. The number of carbonyl (C=O) groups is 1. The molecular formula is C29H37N5O2. The molecule has 0 bridgehead atoms. The maximum absolute atomic E-state index is 12.8. The van der Waals surface area contributed by atoms with Crippen molar-refractivity contribution < 1.29 is 9.53 Å². The molecule has 0 radical (unpaired) electrons. The summed E-state index contributed by atoms with van der Waals surface area (Å²) >= 11 is 0. The number of carbonyl (C=O) groups excluding carboxylic acids is 1. The first kappa shape index (κ1) is 26.9. The van der Waals surface area contributed by atoms with E-state index >= 15 is 0 Å². The van der Waals surface area contributed by atoms with Gasteiger partial charge < -0.3 is 20.8 Å². The summed E-state index contributed by atoms with van der Waals surface area (Å²) in [5.41, 5.74) is 5.43. The van der Waals surface area contributed by atoms with Crippen LogP contribution in [-0.2, 0) is 0 Å². The standard InChI is InChI=1S/C27H31N5O2.C2H6/c1-16-12-19(6-8-22(16)27(33)31-26-15-32(5)18(26)3)24-13-21(10-11-30-24)34-20-7-9-23(17(2)28)25(14-20)29-4;1-2/h6-14,18,26,28-29H,15H2,1-5H3,(H,31,33);1-2H3/t18-,26-;/m0./s1. The fourth-order valence-electron chi connectivity index (χ4n) is 4.18. The van der Waals surface area contributed by atoms with Gasteiger partial charge in [-0.1, -0.05) is 19.9 Å². The SMILES string of the molecule is CC.CNc1cc(Oc2ccnc(-c3ccc(C(=O)N[C@H]4CN(C)[C@H]4C)c(C)c3)c2)ccc1C(C)=N. The molecule has 2 aromatic carbocycles. The summed E-state index contributed by atoms with van der Waals surface area (Å²) in [5.74, 6) is 1.29. The van der Waals surface area contributed by atoms with Crippen molar-refractivity contribution in [2.24, 2.45) is 0 Å². The number of hydrogen-bond acceptors (Lipinski definition) is 6. The minimum atomic E-state index is -0.0389. The second kappa shape index (κ2) is 11.8. The number of hydrogen-bond donors (Lipinski definition) is 3. The molecule has 190 valence electrons. The van der Waals surface area contributed by atoms with Gasteiger partial charge in [0, 0.05) is 66.1 Å². The van der Waals surface area contributed by atoms with Crippen LogP contribution in [0.5, 0.6) is 11.5 Å². The predicted octanol–water partition coefficient (Wildman–Crippen LogP) is 5.74. The third kappa shape index (κ3) is 5.91. The highest BCUT2D eigenvalue weighted by molar-refractivity contribution is 6.01. The number of nitrogens with one attached hydrogen (secondary N) is 3. The number of nitrogens with zero attached hydrogens (tertiary/aromatic N) is 2. The smallest absolute Gasteiger partial charge is 0.251 e. The molecule has 7 nitrogen and oxygen atoms in total. The van der Waals surface area contributed by atoms with Gasteiger partial charge in [0.2, 0.25) is 0 Å². The van der Waals surface area contributed by atoms with Crippen molar-refractivity contribution in [2.75, 3.05) is 26.0 Å². The van der Waals surface area contributed by atoms with Crippen molar-refractivity contribution >= 4 is 17.3 Å². The zero-order chi connectivity index (χ0) is 26.4. The number of anilines is 1. The normalized spacial score (nSPS) is 16.8. The van der Waals surface area contributed by atoms with Crippen LogP contribution in [0, 0.1) is 12.3 Å². The predicted molar refractivity (Wildman–Crippen MR) is 148 cm³/mol. The van der Waals surface area contributed by atoms with Gasteiger partial charge >= 0.3 is 0 Å². The number of rotatable bonds is 7. The Hall–Kier alpha value is -3.71. The zero-order valence-electron chi connectivity index (χ0n) is 22.3. The Balaban J connectivity index is 0.00000176. The minimum absolute atomic E-state index is 0.0389. The molecule has 36 heavy (non-hydrogen) atoms. The average Bonchev–Trinajstić information content (AvgIpc) is 2.89. The third-order valence-corrected chi connectivity index (χ3v) is 6.48. The van der Waals surface area contributed by atoms with Gasteiger partial charge in [-0.2, -0.15) is 0 Å². The Morgan fingerprint density at radius 1 is 1.08 bits per heavy atom. The summed E-state index contributed by atoms with van der Waals surface area (Å²) < 4.78 is 6.07. The molecule has 3 N–H and O–H groups in total. The molecule has 7 heteroatoms. The Bertz CT molecular complexity index is 1240. The lowest BCUT2D eigenvalue weighted by Gasteiger charge is -2.44. The van der Waals surface area contributed by atoms with Gasteiger partial charge in [0.15, 0.2) is 0 Å². The molecule has 0 spiro atoms. The fourth-order valence-corrected chi connectivity index (χ4v) is 4.18. The van der Waals surface area contributed by atoms with E-state index in [2.05, 4.69) is 34.5 Å². The average molecular weight is 488 g/mol. The molecule has 0 aliphatic carbocycles. The van der Waals surface area contributed by atoms with Crippen molar-refractivity contribution in [3.63, 3.8) is 0 Å². The van der Waals surface area contributed by atoms with Gasteiger partial charge in [0.25, 0.3) is 5.91 Å². The van der Waals surface area contributed by atoms with Gasteiger partial charge in [0.05, 0.1) is 11.7 Å². The maximum atomic E-state index is 12.8. The van der Waals surface area contributed by atoms with Crippen LogP contribution in [0.25, 0.3) is 11.3 Å².